The van der Waals surface area contributed by atoms with Crippen LogP contribution in [0, 0.1) is 5.82 Å². The highest BCUT2D eigenvalue weighted by Crippen LogP contribution is 2.15. The largest absolute Gasteiger partial charge is 0.444 e. The second-order valence-electron chi connectivity index (χ2n) is 6.71. The van der Waals surface area contributed by atoms with Gasteiger partial charge in [-0.3, -0.25) is 4.79 Å². The molecule has 140 valence electrons. The molecule has 0 saturated carbocycles. The van der Waals surface area contributed by atoms with Crippen molar-refractivity contribution in [3.8, 4) is 5.69 Å². The Morgan fingerprint density at radius 2 is 2.04 bits per heavy atom. The van der Waals surface area contributed by atoms with Gasteiger partial charge in [-0.05, 0) is 38.5 Å². The zero-order chi connectivity index (χ0) is 19.2. The molecule has 1 aromatic heterocycles. The maximum absolute atomic E-state index is 14.1. The molecule has 0 spiro atoms. The highest BCUT2D eigenvalue weighted by molar-refractivity contribution is 5.77. The topological polar surface area (TPSA) is 85.2 Å². The van der Waals surface area contributed by atoms with Crippen LogP contribution in [0.15, 0.2) is 36.9 Å². The van der Waals surface area contributed by atoms with Crippen molar-refractivity contribution < 1.29 is 18.7 Å². The number of alkyl carbamates (subject to hydrolysis) is 1. The van der Waals surface area contributed by atoms with Crippen LogP contribution in [0.2, 0.25) is 0 Å². The molecule has 0 unspecified atom stereocenters. The number of hydrogen-bond acceptors (Lipinski definition) is 4. The van der Waals surface area contributed by atoms with E-state index in [1.165, 1.54) is 12.4 Å². The molecular weight excluding hydrogens is 339 g/mol. The fourth-order valence-corrected chi connectivity index (χ4v) is 2.15. The van der Waals surface area contributed by atoms with E-state index in [9.17, 15) is 14.0 Å². The molecule has 1 aromatic carbocycles. The van der Waals surface area contributed by atoms with Gasteiger partial charge in [0.1, 0.15) is 11.4 Å². The number of carbonyl (C=O) groups excluding carboxylic acids is 2. The van der Waals surface area contributed by atoms with Crippen molar-refractivity contribution in [1.82, 2.24) is 20.2 Å². The van der Waals surface area contributed by atoms with Crippen LogP contribution in [-0.2, 0) is 16.1 Å². The summed E-state index contributed by atoms with van der Waals surface area (Å²) in [4.78, 5) is 27.2. The Morgan fingerprint density at radius 3 is 2.65 bits per heavy atom. The SMILES string of the molecule is CC(C)(C)OC(=O)NCCC(=O)NCc1ccc(-n2ccnc2)c(F)c1. The number of rotatable bonds is 6. The van der Waals surface area contributed by atoms with Crippen LogP contribution in [-0.4, -0.2) is 33.7 Å². The first-order chi connectivity index (χ1) is 12.2. The van der Waals surface area contributed by atoms with Crippen LogP contribution in [0.4, 0.5) is 9.18 Å². The maximum atomic E-state index is 14.1. The number of hydrogen-bond donors (Lipinski definition) is 2. The molecule has 0 aliphatic rings. The number of benzene rings is 1. The number of halogens is 1. The molecule has 26 heavy (non-hydrogen) atoms. The standard InChI is InChI=1S/C18H23FN4O3/c1-18(2,3)26-17(25)21-7-6-16(24)22-11-13-4-5-15(14(19)10-13)23-9-8-20-12-23/h4-5,8-10,12H,6-7,11H2,1-3H3,(H,21,25)(H,22,24). The lowest BCUT2D eigenvalue weighted by atomic mass is 10.2. The first kappa shape index (κ1) is 19.4. The highest BCUT2D eigenvalue weighted by atomic mass is 19.1. The summed E-state index contributed by atoms with van der Waals surface area (Å²) in [5, 5.41) is 5.20. The summed E-state index contributed by atoms with van der Waals surface area (Å²) in [5.74, 6) is -0.651. The summed E-state index contributed by atoms with van der Waals surface area (Å²) in [6, 6.07) is 4.73. The number of aromatic nitrogens is 2. The number of nitrogens with zero attached hydrogens (tertiary/aromatic N) is 2. The molecule has 0 radical (unpaired) electrons. The fraction of sp³-hybridized carbons (Fsp3) is 0.389. The molecular formula is C18H23FN4O3. The summed E-state index contributed by atoms with van der Waals surface area (Å²) in [6.07, 6.45) is 4.27. The minimum absolute atomic E-state index is 0.106. The smallest absolute Gasteiger partial charge is 0.407 e. The molecule has 0 aliphatic carbocycles. The van der Waals surface area contributed by atoms with E-state index in [2.05, 4.69) is 15.6 Å². The average molecular weight is 362 g/mol. The summed E-state index contributed by atoms with van der Waals surface area (Å²) in [7, 11) is 0. The molecule has 2 rings (SSSR count). The molecule has 1 heterocycles. The molecule has 2 aromatic rings. The van der Waals surface area contributed by atoms with Gasteiger partial charge >= 0.3 is 6.09 Å². The molecule has 2 N–H and O–H groups in total. The predicted octanol–water partition coefficient (Wildman–Crippen LogP) is 2.54. The van der Waals surface area contributed by atoms with Gasteiger partial charge in [-0.15, -0.1) is 0 Å². The lowest BCUT2D eigenvalue weighted by Crippen LogP contribution is -2.35. The van der Waals surface area contributed by atoms with E-state index in [4.69, 9.17) is 4.74 Å². The molecule has 0 bridgehead atoms. The number of amides is 2. The van der Waals surface area contributed by atoms with Crippen molar-refractivity contribution in [2.75, 3.05) is 6.54 Å². The van der Waals surface area contributed by atoms with E-state index in [0.717, 1.165) is 0 Å². The highest BCUT2D eigenvalue weighted by Gasteiger charge is 2.15. The van der Waals surface area contributed by atoms with Crippen molar-refractivity contribution >= 4 is 12.0 Å². The lowest BCUT2D eigenvalue weighted by molar-refractivity contribution is -0.121. The Balaban J connectivity index is 1.75. The van der Waals surface area contributed by atoms with Gasteiger partial charge in [0.2, 0.25) is 5.91 Å². The third-order valence-electron chi connectivity index (χ3n) is 3.30. The van der Waals surface area contributed by atoms with Gasteiger partial charge in [-0.25, -0.2) is 14.2 Å². The van der Waals surface area contributed by atoms with Crippen LogP contribution in [0.5, 0.6) is 0 Å². The van der Waals surface area contributed by atoms with Gasteiger partial charge in [0.25, 0.3) is 0 Å². The van der Waals surface area contributed by atoms with E-state index >= 15 is 0 Å². The molecule has 0 aliphatic heterocycles. The molecule has 2 amide bonds. The van der Waals surface area contributed by atoms with Crippen LogP contribution in [0.3, 0.4) is 0 Å². The van der Waals surface area contributed by atoms with Gasteiger partial charge in [0, 0.05) is 31.9 Å². The first-order valence-electron chi connectivity index (χ1n) is 8.25. The quantitative estimate of drug-likeness (QED) is 0.827. The van der Waals surface area contributed by atoms with Crippen molar-refractivity contribution in [3.63, 3.8) is 0 Å². The van der Waals surface area contributed by atoms with Crippen LogP contribution in [0.25, 0.3) is 5.69 Å². The lowest BCUT2D eigenvalue weighted by Gasteiger charge is -2.19. The Hall–Kier alpha value is -2.90. The summed E-state index contributed by atoms with van der Waals surface area (Å²) in [5.41, 5.74) is 0.443. The number of carbonyl (C=O) groups is 2. The predicted molar refractivity (Wildman–Crippen MR) is 94.2 cm³/mol. The summed E-state index contributed by atoms with van der Waals surface area (Å²) < 4.78 is 20.8. The Labute approximate surface area is 151 Å². The van der Waals surface area contributed by atoms with Crippen LogP contribution in [0.1, 0.15) is 32.8 Å². The van der Waals surface area contributed by atoms with Gasteiger partial charge < -0.3 is 19.9 Å². The minimum atomic E-state index is -0.584. The van der Waals surface area contributed by atoms with Gasteiger partial charge in [-0.2, -0.15) is 0 Å². The monoisotopic (exact) mass is 362 g/mol. The van der Waals surface area contributed by atoms with Gasteiger partial charge in [0.05, 0.1) is 12.0 Å². The van der Waals surface area contributed by atoms with Crippen molar-refractivity contribution in [3.05, 3.63) is 48.3 Å². The second kappa shape index (κ2) is 8.46. The summed E-state index contributed by atoms with van der Waals surface area (Å²) >= 11 is 0. The van der Waals surface area contributed by atoms with E-state index < -0.39 is 17.5 Å². The number of nitrogens with one attached hydrogen (secondary N) is 2. The second-order valence-corrected chi connectivity index (χ2v) is 6.71. The fourth-order valence-electron chi connectivity index (χ4n) is 2.15. The molecule has 0 atom stereocenters. The molecule has 0 fully saturated rings. The normalized spacial score (nSPS) is 11.1. The van der Waals surface area contributed by atoms with Crippen molar-refractivity contribution in [1.29, 1.82) is 0 Å². The number of imidazole rings is 1. The van der Waals surface area contributed by atoms with E-state index in [1.54, 1.807) is 49.9 Å². The third-order valence-corrected chi connectivity index (χ3v) is 3.30. The summed E-state index contributed by atoms with van der Waals surface area (Å²) in [6.45, 7) is 5.64. The molecule has 8 heteroatoms. The van der Waals surface area contributed by atoms with Crippen molar-refractivity contribution in [2.24, 2.45) is 0 Å². The van der Waals surface area contributed by atoms with Crippen LogP contribution < -0.4 is 10.6 Å². The minimum Gasteiger partial charge on any atom is -0.444 e. The number of ether oxygens (including phenoxy) is 1. The first-order valence-corrected chi connectivity index (χ1v) is 8.25. The van der Waals surface area contributed by atoms with E-state index in [1.807, 2.05) is 0 Å². The van der Waals surface area contributed by atoms with Crippen molar-refractivity contribution in [2.45, 2.75) is 39.3 Å². The zero-order valence-electron chi connectivity index (χ0n) is 15.1. The van der Waals surface area contributed by atoms with E-state index in [-0.39, 0.29) is 25.4 Å². The average Bonchev–Trinajstić information content (AvgIpc) is 3.05. The third kappa shape index (κ3) is 6.19. The Morgan fingerprint density at radius 1 is 1.27 bits per heavy atom. The Bertz CT molecular complexity index is 754. The molecule has 7 nitrogen and oxygen atoms in total. The van der Waals surface area contributed by atoms with Gasteiger partial charge in [0.15, 0.2) is 0 Å². The Kier molecular flexibility index (Phi) is 6.32. The van der Waals surface area contributed by atoms with Crippen LogP contribution >= 0.6 is 0 Å². The maximum Gasteiger partial charge on any atom is 0.407 e. The zero-order valence-corrected chi connectivity index (χ0v) is 15.1. The molecule has 0 saturated heterocycles. The van der Waals surface area contributed by atoms with E-state index in [0.29, 0.717) is 11.3 Å². The van der Waals surface area contributed by atoms with Gasteiger partial charge in [-0.1, -0.05) is 6.07 Å².